The highest BCUT2D eigenvalue weighted by Gasteiger charge is 2.49. The van der Waals surface area contributed by atoms with Crippen molar-refractivity contribution in [1.82, 2.24) is 4.90 Å². The van der Waals surface area contributed by atoms with Crippen LogP contribution in [-0.4, -0.2) is 59.3 Å². The zero-order valence-electron chi connectivity index (χ0n) is 20.7. The molecule has 0 aliphatic heterocycles. The van der Waals surface area contributed by atoms with E-state index in [1.807, 2.05) is 0 Å². The lowest BCUT2D eigenvalue weighted by atomic mass is 9.78. The molecule has 0 radical (unpaired) electrons. The van der Waals surface area contributed by atoms with E-state index in [0.717, 1.165) is 4.90 Å². The third-order valence-electron chi connectivity index (χ3n) is 4.91. The normalized spacial score (nSPS) is 15.5. The Morgan fingerprint density at radius 3 is 1.73 bits per heavy atom. The Bertz CT molecular complexity index is 742. The smallest absolute Gasteiger partial charge is 0.425 e. The summed E-state index contributed by atoms with van der Waals surface area (Å²) in [5.74, 6) is -4.18. The van der Waals surface area contributed by atoms with E-state index in [-0.39, 0.29) is 0 Å². The first-order valence-corrected chi connectivity index (χ1v) is 10.6. The minimum Gasteiger partial charge on any atom is -0.451 e. The number of alkyl halides is 4. The molecule has 0 spiro atoms. The number of nitrogens with zero attached hydrogens (tertiary/aromatic N) is 1. The van der Waals surface area contributed by atoms with Gasteiger partial charge in [0.25, 0.3) is 0 Å². The fraction of sp³-hybridized carbons (Fsp3) is 0.818. The highest BCUT2D eigenvalue weighted by atomic mass is 19.4. The summed E-state index contributed by atoms with van der Waals surface area (Å²) in [5.41, 5.74) is -5.15. The molecule has 0 aromatic heterocycles. The van der Waals surface area contributed by atoms with Crippen molar-refractivity contribution in [1.29, 1.82) is 0 Å². The van der Waals surface area contributed by atoms with E-state index in [4.69, 9.17) is 0 Å². The zero-order chi connectivity index (χ0) is 26.6. The van der Waals surface area contributed by atoms with Crippen LogP contribution in [0.4, 0.5) is 17.6 Å². The van der Waals surface area contributed by atoms with E-state index >= 15 is 4.39 Å². The van der Waals surface area contributed by atoms with Gasteiger partial charge in [0.2, 0.25) is 17.5 Å². The van der Waals surface area contributed by atoms with Crippen LogP contribution in [-0.2, 0) is 28.7 Å². The molecule has 0 N–H and O–H groups in total. The summed E-state index contributed by atoms with van der Waals surface area (Å²) in [6.45, 7) is 11.6. The summed E-state index contributed by atoms with van der Waals surface area (Å²) >= 11 is 0. The van der Waals surface area contributed by atoms with Crippen molar-refractivity contribution in [2.75, 3.05) is 6.61 Å². The highest BCUT2D eigenvalue weighted by Crippen LogP contribution is 2.37. The molecular formula is C22H35F4NO6. The zero-order valence-corrected chi connectivity index (χ0v) is 20.7. The van der Waals surface area contributed by atoms with Crippen LogP contribution in [0.25, 0.3) is 0 Å². The van der Waals surface area contributed by atoms with Crippen molar-refractivity contribution >= 4 is 23.8 Å². The lowest BCUT2D eigenvalue weighted by molar-refractivity contribution is -0.218. The third-order valence-corrected chi connectivity index (χ3v) is 4.91. The minimum atomic E-state index is -4.80. The molecule has 192 valence electrons. The first-order chi connectivity index (χ1) is 14.6. The lowest BCUT2D eigenvalue weighted by Crippen LogP contribution is -2.54. The van der Waals surface area contributed by atoms with Crippen LogP contribution in [0.3, 0.4) is 0 Å². The number of rotatable bonds is 9. The monoisotopic (exact) mass is 485 g/mol. The van der Waals surface area contributed by atoms with Gasteiger partial charge in [-0.25, -0.2) is 14.0 Å². The van der Waals surface area contributed by atoms with E-state index < -0.39 is 78.0 Å². The number of ether oxygens (including phenoxy) is 2. The number of esters is 2. The van der Waals surface area contributed by atoms with Gasteiger partial charge in [-0.15, -0.1) is 0 Å². The van der Waals surface area contributed by atoms with Gasteiger partial charge in [-0.3, -0.25) is 14.5 Å². The highest BCUT2D eigenvalue weighted by molar-refractivity contribution is 6.00. The number of hydrogen-bond donors (Lipinski definition) is 0. The quantitative estimate of drug-likeness (QED) is 0.356. The van der Waals surface area contributed by atoms with Gasteiger partial charge in [0, 0.05) is 23.3 Å². The van der Waals surface area contributed by atoms with E-state index in [0.29, 0.717) is 6.92 Å². The molecule has 0 fully saturated rings. The molecule has 33 heavy (non-hydrogen) atoms. The average molecular weight is 486 g/mol. The van der Waals surface area contributed by atoms with Gasteiger partial charge in [-0.05, 0) is 27.2 Å². The van der Waals surface area contributed by atoms with Gasteiger partial charge in [0.15, 0.2) is 12.7 Å². The van der Waals surface area contributed by atoms with Crippen LogP contribution in [0, 0.1) is 10.8 Å². The van der Waals surface area contributed by atoms with Gasteiger partial charge < -0.3 is 9.47 Å². The summed E-state index contributed by atoms with van der Waals surface area (Å²) in [7, 11) is 0. The standard InChI is InChI=1S/C22H35F4NO6/c1-10-21(23,18(31)32-11-15(28)33-14(4)22(24,25)26)12-20(8,9)17(30)27(13(2)3)16(29)19(5,6)7/h13-14H,10-12H2,1-9H3. The van der Waals surface area contributed by atoms with Crippen molar-refractivity contribution in [2.45, 2.75) is 99.1 Å². The molecule has 2 atom stereocenters. The van der Waals surface area contributed by atoms with Crippen LogP contribution in [0.5, 0.6) is 0 Å². The van der Waals surface area contributed by atoms with Crippen molar-refractivity contribution < 1.29 is 46.2 Å². The Morgan fingerprint density at radius 1 is 0.879 bits per heavy atom. The van der Waals surface area contributed by atoms with Crippen LogP contribution < -0.4 is 0 Å². The van der Waals surface area contributed by atoms with E-state index in [9.17, 15) is 32.3 Å². The minimum absolute atomic E-state index is 0.439. The molecule has 2 unspecified atom stereocenters. The molecule has 0 heterocycles. The number of carbonyl (C=O) groups is 4. The first-order valence-electron chi connectivity index (χ1n) is 10.6. The maximum absolute atomic E-state index is 15.5. The first kappa shape index (κ1) is 30.8. The number of carbonyl (C=O) groups excluding carboxylic acids is 4. The molecule has 0 aromatic rings. The van der Waals surface area contributed by atoms with Crippen LogP contribution in [0.1, 0.15) is 75.2 Å². The van der Waals surface area contributed by atoms with Crippen molar-refractivity contribution in [3.8, 4) is 0 Å². The Morgan fingerprint density at radius 2 is 1.36 bits per heavy atom. The number of amides is 2. The second-order valence-electron chi connectivity index (χ2n) is 9.95. The Labute approximate surface area is 192 Å². The van der Waals surface area contributed by atoms with Crippen LogP contribution in [0.15, 0.2) is 0 Å². The number of halogens is 4. The maximum Gasteiger partial charge on any atom is 0.425 e. The van der Waals surface area contributed by atoms with Gasteiger partial charge in [-0.1, -0.05) is 41.5 Å². The van der Waals surface area contributed by atoms with Gasteiger partial charge in [0.1, 0.15) is 0 Å². The molecule has 0 rings (SSSR count). The Hall–Kier alpha value is -2.20. The third kappa shape index (κ3) is 8.58. The second kappa shape index (κ2) is 10.8. The SMILES string of the molecule is CCC(F)(CC(C)(C)C(=O)N(C(=O)C(C)(C)C)C(C)C)C(=O)OCC(=O)OC(C)C(F)(F)F. The van der Waals surface area contributed by atoms with E-state index in [1.165, 1.54) is 20.8 Å². The van der Waals surface area contributed by atoms with Crippen LogP contribution >= 0.6 is 0 Å². The molecule has 0 aromatic carbocycles. The van der Waals surface area contributed by atoms with Gasteiger partial charge in [0.05, 0.1) is 0 Å². The molecule has 0 aliphatic rings. The van der Waals surface area contributed by atoms with E-state index in [1.54, 1.807) is 34.6 Å². The number of imide groups is 1. The summed E-state index contributed by atoms with van der Waals surface area (Å²) < 4.78 is 61.6. The molecule has 0 saturated carbocycles. The van der Waals surface area contributed by atoms with Gasteiger partial charge >= 0.3 is 18.1 Å². The van der Waals surface area contributed by atoms with Crippen molar-refractivity contribution in [3.63, 3.8) is 0 Å². The fourth-order valence-corrected chi connectivity index (χ4v) is 2.92. The fourth-order valence-electron chi connectivity index (χ4n) is 2.92. The molecule has 11 heteroatoms. The molecule has 2 amide bonds. The van der Waals surface area contributed by atoms with Crippen LogP contribution in [0.2, 0.25) is 0 Å². The maximum atomic E-state index is 15.5. The topological polar surface area (TPSA) is 90.0 Å². The average Bonchev–Trinajstić information content (AvgIpc) is 2.63. The summed E-state index contributed by atoms with van der Waals surface area (Å²) in [6.07, 6.45) is -8.35. The molecular weight excluding hydrogens is 450 g/mol. The van der Waals surface area contributed by atoms with Crippen molar-refractivity contribution in [2.24, 2.45) is 10.8 Å². The Balaban J connectivity index is 5.50. The second-order valence-corrected chi connectivity index (χ2v) is 9.95. The predicted octanol–water partition coefficient (Wildman–Crippen LogP) is 4.37. The van der Waals surface area contributed by atoms with Crippen molar-refractivity contribution in [3.05, 3.63) is 0 Å². The molecule has 0 saturated heterocycles. The summed E-state index contributed by atoms with van der Waals surface area (Å²) in [4.78, 5) is 50.9. The van der Waals surface area contributed by atoms with Gasteiger partial charge in [-0.2, -0.15) is 13.2 Å². The van der Waals surface area contributed by atoms with E-state index in [2.05, 4.69) is 9.47 Å². The lowest BCUT2D eigenvalue weighted by Gasteiger charge is -2.38. The summed E-state index contributed by atoms with van der Waals surface area (Å²) in [5, 5.41) is 0. The summed E-state index contributed by atoms with van der Waals surface area (Å²) in [6, 6.07) is -0.531. The molecule has 7 nitrogen and oxygen atoms in total. The molecule has 0 aliphatic carbocycles. The largest absolute Gasteiger partial charge is 0.451 e. The predicted molar refractivity (Wildman–Crippen MR) is 112 cm³/mol. The molecule has 0 bridgehead atoms. The Kier molecular flexibility index (Phi) is 10.1. The number of hydrogen-bond acceptors (Lipinski definition) is 6.